The summed E-state index contributed by atoms with van der Waals surface area (Å²) < 4.78 is 0. The molecule has 10 nitrogen and oxygen atoms in total. The highest BCUT2D eigenvalue weighted by Gasteiger charge is 2.23. The van der Waals surface area contributed by atoms with Gasteiger partial charge in [-0.15, -0.1) is 0 Å². The number of amides is 5. The lowest BCUT2D eigenvalue weighted by molar-refractivity contribution is -0.118. The van der Waals surface area contributed by atoms with Crippen molar-refractivity contribution in [3.63, 3.8) is 0 Å². The fourth-order valence-corrected chi connectivity index (χ4v) is 3.04. The fourth-order valence-electron chi connectivity index (χ4n) is 3.04. The predicted molar refractivity (Wildman–Crippen MR) is 110 cm³/mol. The number of H-pyrrole nitrogens is 1. The molecule has 0 bridgehead atoms. The summed E-state index contributed by atoms with van der Waals surface area (Å²) in [5.41, 5.74) is 1.21. The van der Waals surface area contributed by atoms with E-state index in [1.54, 1.807) is 35.2 Å². The Hall–Kier alpha value is -3.56. The van der Waals surface area contributed by atoms with Crippen LogP contribution in [0, 0.1) is 5.92 Å². The third-order valence-electron chi connectivity index (χ3n) is 4.36. The molecule has 0 saturated carbocycles. The number of aromatic amines is 1. The molecule has 1 aliphatic rings. The third kappa shape index (κ3) is 5.47. The van der Waals surface area contributed by atoms with Crippen LogP contribution in [0.3, 0.4) is 0 Å². The first-order valence-electron chi connectivity index (χ1n) is 9.45. The molecule has 3 rings (SSSR count). The lowest BCUT2D eigenvalue weighted by Gasteiger charge is -2.20. The molecule has 29 heavy (non-hydrogen) atoms. The second-order valence-corrected chi connectivity index (χ2v) is 7.17. The average molecular weight is 399 g/mol. The number of aromatic nitrogens is 2. The minimum Gasteiger partial charge on any atom is -0.336 e. The molecule has 1 aromatic heterocycles. The predicted octanol–water partition coefficient (Wildman–Crippen LogP) is 2.11. The highest BCUT2D eigenvalue weighted by atomic mass is 16.2. The summed E-state index contributed by atoms with van der Waals surface area (Å²) in [4.78, 5) is 38.5. The van der Waals surface area contributed by atoms with Crippen molar-refractivity contribution in [1.29, 1.82) is 0 Å². The van der Waals surface area contributed by atoms with E-state index in [0.717, 1.165) is 0 Å². The number of nitrogens with zero attached hydrogens (tertiary/aromatic N) is 2. The Morgan fingerprint density at radius 2 is 2.07 bits per heavy atom. The number of nitrogens with one attached hydrogen (secondary N) is 5. The molecule has 2 aromatic rings. The molecular weight excluding hydrogens is 374 g/mol. The summed E-state index contributed by atoms with van der Waals surface area (Å²) in [5.74, 6) is 0.327. The van der Waals surface area contributed by atoms with E-state index in [1.807, 2.05) is 13.8 Å². The van der Waals surface area contributed by atoms with Gasteiger partial charge in [0.2, 0.25) is 5.91 Å². The van der Waals surface area contributed by atoms with Gasteiger partial charge >= 0.3 is 12.1 Å². The number of hydrogen-bond donors (Lipinski definition) is 5. The average Bonchev–Trinajstić information content (AvgIpc) is 3.32. The Bertz CT molecular complexity index is 866. The van der Waals surface area contributed by atoms with Crippen LogP contribution in [0.4, 0.5) is 26.8 Å². The highest BCUT2D eigenvalue weighted by Crippen LogP contribution is 2.21. The quantitative estimate of drug-likeness (QED) is 0.488. The standard InChI is InChI=1S/C19H25N7O3/c1-12(2)10-15(17(27)24-16-6-7-21-25-16)23-18(28)22-13-4-3-5-14(11-13)26-9-8-20-19(26)29/h3-7,11-12,15H,8-10H2,1-2H3,(H,20,29)(H2,22,23,28)(H2,21,24,25,27)/t15-/m1/s1. The minimum absolute atomic E-state index is 0.168. The summed E-state index contributed by atoms with van der Waals surface area (Å²) >= 11 is 0. The molecule has 0 spiro atoms. The molecule has 5 N–H and O–H groups in total. The molecule has 1 fully saturated rings. The smallest absolute Gasteiger partial charge is 0.321 e. The lowest BCUT2D eigenvalue weighted by atomic mass is 10.0. The van der Waals surface area contributed by atoms with Crippen LogP contribution in [0.25, 0.3) is 0 Å². The number of rotatable bonds is 7. The van der Waals surface area contributed by atoms with Gasteiger partial charge in [-0.2, -0.15) is 5.10 Å². The van der Waals surface area contributed by atoms with Gasteiger partial charge < -0.3 is 21.3 Å². The molecule has 0 aliphatic carbocycles. The van der Waals surface area contributed by atoms with Crippen molar-refractivity contribution in [3.8, 4) is 0 Å². The minimum atomic E-state index is -0.717. The third-order valence-corrected chi connectivity index (χ3v) is 4.36. The Balaban J connectivity index is 1.63. The first-order valence-corrected chi connectivity index (χ1v) is 9.45. The van der Waals surface area contributed by atoms with Crippen molar-refractivity contribution in [2.75, 3.05) is 28.6 Å². The first kappa shape index (κ1) is 20.2. The zero-order valence-electron chi connectivity index (χ0n) is 16.4. The molecule has 2 heterocycles. The van der Waals surface area contributed by atoms with Gasteiger partial charge in [0, 0.05) is 30.5 Å². The monoisotopic (exact) mass is 399 g/mol. The van der Waals surface area contributed by atoms with Gasteiger partial charge in [0.1, 0.15) is 11.9 Å². The van der Waals surface area contributed by atoms with Crippen LogP contribution in [-0.2, 0) is 4.79 Å². The van der Waals surface area contributed by atoms with E-state index < -0.39 is 12.1 Å². The van der Waals surface area contributed by atoms with E-state index >= 15 is 0 Å². The van der Waals surface area contributed by atoms with Crippen molar-refractivity contribution in [2.24, 2.45) is 5.92 Å². The number of carbonyl (C=O) groups is 3. The number of benzene rings is 1. The number of urea groups is 2. The topological polar surface area (TPSA) is 131 Å². The maximum Gasteiger partial charge on any atom is 0.321 e. The molecule has 1 aliphatic heterocycles. The second kappa shape index (κ2) is 9.09. The van der Waals surface area contributed by atoms with Crippen LogP contribution >= 0.6 is 0 Å². The van der Waals surface area contributed by atoms with Gasteiger partial charge in [-0.25, -0.2) is 9.59 Å². The van der Waals surface area contributed by atoms with Crippen LogP contribution in [0.5, 0.6) is 0 Å². The van der Waals surface area contributed by atoms with Gasteiger partial charge in [-0.05, 0) is 30.5 Å². The first-order chi connectivity index (χ1) is 13.9. The lowest BCUT2D eigenvalue weighted by Crippen LogP contribution is -2.46. The van der Waals surface area contributed by atoms with Gasteiger partial charge in [0.25, 0.3) is 0 Å². The van der Waals surface area contributed by atoms with Gasteiger partial charge in [0.05, 0.1) is 6.20 Å². The van der Waals surface area contributed by atoms with Crippen molar-refractivity contribution in [1.82, 2.24) is 20.8 Å². The Morgan fingerprint density at radius 3 is 2.72 bits per heavy atom. The molecule has 5 amide bonds. The molecular formula is C19H25N7O3. The van der Waals surface area contributed by atoms with Gasteiger partial charge in [-0.3, -0.25) is 14.8 Å². The Morgan fingerprint density at radius 1 is 1.24 bits per heavy atom. The van der Waals surface area contributed by atoms with E-state index in [9.17, 15) is 14.4 Å². The largest absolute Gasteiger partial charge is 0.336 e. The number of anilines is 3. The van der Waals surface area contributed by atoms with E-state index in [-0.39, 0.29) is 17.9 Å². The molecule has 154 valence electrons. The summed E-state index contributed by atoms with van der Waals surface area (Å²) in [5, 5.41) is 17.3. The van der Waals surface area contributed by atoms with E-state index in [2.05, 4.69) is 31.5 Å². The maximum absolute atomic E-state index is 12.5. The number of hydrogen-bond acceptors (Lipinski definition) is 4. The van der Waals surface area contributed by atoms with Gasteiger partial charge in [0.15, 0.2) is 0 Å². The SMILES string of the molecule is CC(C)C[C@@H](NC(=O)Nc1cccc(N2CCNC2=O)c1)C(=O)Nc1ccn[nH]1. The zero-order valence-corrected chi connectivity index (χ0v) is 16.4. The van der Waals surface area contributed by atoms with Crippen molar-refractivity contribution >= 4 is 35.2 Å². The van der Waals surface area contributed by atoms with E-state index in [1.165, 1.54) is 6.20 Å². The summed E-state index contributed by atoms with van der Waals surface area (Å²) in [6.45, 7) is 5.10. The zero-order chi connectivity index (χ0) is 20.8. The Labute approximate surface area is 168 Å². The van der Waals surface area contributed by atoms with E-state index in [0.29, 0.717) is 36.7 Å². The molecule has 1 atom stereocenters. The highest BCUT2D eigenvalue weighted by molar-refractivity contribution is 5.99. The summed E-state index contributed by atoms with van der Waals surface area (Å²) in [6, 6.07) is 7.24. The molecule has 1 saturated heterocycles. The van der Waals surface area contributed by atoms with Gasteiger partial charge in [-0.1, -0.05) is 19.9 Å². The molecule has 0 radical (unpaired) electrons. The Kier molecular flexibility index (Phi) is 6.32. The van der Waals surface area contributed by atoms with Crippen molar-refractivity contribution in [3.05, 3.63) is 36.5 Å². The molecule has 1 aromatic carbocycles. The normalized spacial score (nSPS) is 14.4. The second-order valence-electron chi connectivity index (χ2n) is 7.17. The van der Waals surface area contributed by atoms with Crippen LogP contribution in [0.1, 0.15) is 20.3 Å². The van der Waals surface area contributed by atoms with Crippen molar-refractivity contribution in [2.45, 2.75) is 26.3 Å². The van der Waals surface area contributed by atoms with Crippen LogP contribution in [-0.4, -0.2) is 47.3 Å². The van der Waals surface area contributed by atoms with Crippen molar-refractivity contribution < 1.29 is 14.4 Å². The number of carbonyl (C=O) groups excluding carboxylic acids is 3. The van der Waals surface area contributed by atoms with Crippen LogP contribution in [0.15, 0.2) is 36.5 Å². The fraction of sp³-hybridized carbons (Fsp3) is 0.368. The molecule has 10 heteroatoms. The molecule has 0 unspecified atom stereocenters. The van der Waals surface area contributed by atoms with E-state index in [4.69, 9.17) is 0 Å². The van der Waals surface area contributed by atoms with Crippen LogP contribution in [0.2, 0.25) is 0 Å². The summed E-state index contributed by atoms with van der Waals surface area (Å²) in [6.07, 6.45) is 2.00. The summed E-state index contributed by atoms with van der Waals surface area (Å²) in [7, 11) is 0. The maximum atomic E-state index is 12.5. The van der Waals surface area contributed by atoms with Crippen LogP contribution < -0.4 is 26.2 Å².